The van der Waals surface area contributed by atoms with E-state index in [0.717, 1.165) is 5.69 Å². The second-order valence-electron chi connectivity index (χ2n) is 7.87. The molecule has 0 saturated heterocycles. The fourth-order valence-electron chi connectivity index (χ4n) is 2.24. The molecule has 4 nitrogen and oxygen atoms in total. The van der Waals surface area contributed by atoms with Crippen molar-refractivity contribution < 1.29 is 13.2 Å². The van der Waals surface area contributed by atoms with Gasteiger partial charge in [-0.1, -0.05) is 44.5 Å². The van der Waals surface area contributed by atoms with Gasteiger partial charge in [0.2, 0.25) is 0 Å². The number of hydrogen-bond acceptors (Lipinski definition) is 5. The number of sulfone groups is 1. The zero-order valence-electron chi connectivity index (χ0n) is 15.7. The van der Waals surface area contributed by atoms with Crippen molar-refractivity contribution in [3.63, 3.8) is 0 Å². The Morgan fingerprint density at radius 1 is 1.12 bits per heavy atom. The summed E-state index contributed by atoms with van der Waals surface area (Å²) in [5.74, 6) is -0.546. The summed E-state index contributed by atoms with van der Waals surface area (Å²) < 4.78 is 24.2. The largest absolute Gasteiger partial charge is 0.297 e. The Morgan fingerprint density at radius 2 is 1.69 bits per heavy atom. The van der Waals surface area contributed by atoms with Gasteiger partial charge < -0.3 is 0 Å². The van der Waals surface area contributed by atoms with Crippen molar-refractivity contribution in [1.29, 1.82) is 0 Å². The number of thiazole rings is 1. The third-order valence-electron chi connectivity index (χ3n) is 4.35. The summed E-state index contributed by atoms with van der Waals surface area (Å²) in [4.78, 5) is 17.2. The second-order valence-corrected chi connectivity index (χ2v) is 11.8. The number of ketones is 1. The van der Waals surface area contributed by atoms with Crippen molar-refractivity contribution in [2.75, 3.05) is 0 Å². The Labute approximate surface area is 164 Å². The van der Waals surface area contributed by atoms with E-state index in [4.69, 9.17) is 11.6 Å². The molecule has 0 spiro atoms. The number of nitrogens with zero attached hydrogens (tertiary/aromatic N) is 1. The van der Waals surface area contributed by atoms with E-state index in [1.807, 2.05) is 26.2 Å². The van der Waals surface area contributed by atoms with E-state index in [0.29, 0.717) is 15.6 Å². The zero-order valence-corrected chi connectivity index (χ0v) is 18.1. The average molecular weight is 414 g/mol. The third kappa shape index (κ3) is 4.72. The minimum atomic E-state index is -3.68. The monoisotopic (exact) mass is 413 g/mol. The fraction of sp³-hybridized carbons (Fsp3) is 0.474. The van der Waals surface area contributed by atoms with Gasteiger partial charge >= 0.3 is 0 Å². The third-order valence-corrected chi connectivity index (χ3v) is 7.95. The summed E-state index contributed by atoms with van der Waals surface area (Å²) in [6.07, 6.45) is 0.0214. The lowest BCUT2D eigenvalue weighted by Gasteiger charge is -2.23. The molecule has 0 atom stereocenters. The molecule has 0 aliphatic rings. The summed E-state index contributed by atoms with van der Waals surface area (Å²) in [6, 6.07) is 6.61. The van der Waals surface area contributed by atoms with Gasteiger partial charge in [0.15, 0.2) is 15.6 Å². The maximum Gasteiger partial charge on any atom is 0.166 e. The van der Waals surface area contributed by atoms with Crippen LogP contribution in [0.5, 0.6) is 0 Å². The predicted molar refractivity (Wildman–Crippen MR) is 108 cm³/mol. The molecule has 142 valence electrons. The van der Waals surface area contributed by atoms with Crippen LogP contribution in [-0.4, -0.2) is 23.9 Å². The Morgan fingerprint density at radius 3 is 2.19 bits per heavy atom. The van der Waals surface area contributed by atoms with Crippen LogP contribution in [0.3, 0.4) is 0 Å². The Bertz CT molecular complexity index is 892. The lowest BCUT2D eigenvalue weighted by atomic mass is 9.93. The minimum Gasteiger partial charge on any atom is -0.297 e. The van der Waals surface area contributed by atoms with Crippen molar-refractivity contribution >= 4 is 38.6 Å². The molecule has 0 aliphatic heterocycles. The first kappa shape index (κ1) is 21.1. The van der Waals surface area contributed by atoms with E-state index in [-0.39, 0.29) is 23.4 Å². The molecule has 2 aromatic rings. The maximum absolute atomic E-state index is 12.8. The number of carbonyl (C=O) groups excluding carboxylic acids is 1. The normalized spacial score (nSPS) is 13.0. The van der Waals surface area contributed by atoms with E-state index in [1.54, 1.807) is 24.3 Å². The molecule has 0 aliphatic carbocycles. The molecule has 1 aromatic carbocycles. The fourth-order valence-corrected chi connectivity index (χ4v) is 4.80. The molecule has 1 aromatic heterocycles. The molecular weight excluding hydrogens is 390 g/mol. The summed E-state index contributed by atoms with van der Waals surface area (Å²) in [6.45, 7) is 9.09. The number of carbonyl (C=O) groups is 1. The van der Waals surface area contributed by atoms with Gasteiger partial charge in [-0.05, 0) is 31.5 Å². The van der Waals surface area contributed by atoms with Gasteiger partial charge in [-0.3, -0.25) is 4.79 Å². The van der Waals surface area contributed by atoms with Gasteiger partial charge in [-0.15, -0.1) is 11.3 Å². The number of rotatable bonds is 6. The van der Waals surface area contributed by atoms with Crippen molar-refractivity contribution in [2.45, 2.75) is 57.0 Å². The number of benzene rings is 1. The highest BCUT2D eigenvalue weighted by Gasteiger charge is 2.41. The van der Waals surface area contributed by atoms with E-state index < -0.39 is 14.6 Å². The molecule has 0 saturated carbocycles. The Balaban J connectivity index is 2.17. The molecule has 2 rings (SSSR count). The van der Waals surface area contributed by atoms with Crippen molar-refractivity contribution in [2.24, 2.45) is 0 Å². The van der Waals surface area contributed by atoms with Crippen LogP contribution in [0.25, 0.3) is 0 Å². The molecule has 0 radical (unpaired) electrons. The molecule has 26 heavy (non-hydrogen) atoms. The van der Waals surface area contributed by atoms with Gasteiger partial charge in [0.25, 0.3) is 0 Å². The van der Waals surface area contributed by atoms with Crippen LogP contribution >= 0.6 is 22.9 Å². The van der Waals surface area contributed by atoms with Crippen LogP contribution in [-0.2, 0) is 32.2 Å². The van der Waals surface area contributed by atoms with Crippen LogP contribution in [0.4, 0.5) is 0 Å². The quantitative estimate of drug-likeness (QED) is 0.694. The maximum atomic E-state index is 12.8. The van der Waals surface area contributed by atoms with Crippen LogP contribution in [0.15, 0.2) is 29.6 Å². The standard InChI is InChI=1S/C19H24ClNO3S2/c1-18(2,3)15-11-25-17(21-15)10-16(22)19(4,5)26(23,24)12-13-6-8-14(20)9-7-13/h6-9,11H,10,12H2,1-5H3. The lowest BCUT2D eigenvalue weighted by molar-refractivity contribution is -0.120. The molecule has 0 bridgehead atoms. The average Bonchev–Trinajstić information content (AvgIpc) is 2.98. The smallest absolute Gasteiger partial charge is 0.166 e. The first-order chi connectivity index (χ1) is 11.8. The number of halogens is 1. The summed E-state index contributed by atoms with van der Waals surface area (Å²) in [5, 5.41) is 3.12. The van der Waals surface area contributed by atoms with Gasteiger partial charge in [-0.25, -0.2) is 13.4 Å². The minimum absolute atomic E-state index is 0.0214. The number of aromatic nitrogens is 1. The van der Waals surface area contributed by atoms with Crippen LogP contribution in [0, 0.1) is 0 Å². The molecule has 1 heterocycles. The highest BCUT2D eigenvalue weighted by molar-refractivity contribution is 7.92. The Kier molecular flexibility index (Phi) is 6.00. The zero-order chi connectivity index (χ0) is 19.8. The van der Waals surface area contributed by atoms with E-state index in [1.165, 1.54) is 25.2 Å². The van der Waals surface area contributed by atoms with Crippen LogP contribution < -0.4 is 0 Å². The Hall–Kier alpha value is -1.24. The molecular formula is C19H24ClNO3S2. The SMILES string of the molecule is CC(C)(C)c1csc(CC(=O)C(C)(C)S(=O)(=O)Cc2ccc(Cl)cc2)n1. The molecule has 0 fully saturated rings. The summed E-state index contributed by atoms with van der Waals surface area (Å²) in [5.41, 5.74) is 1.42. The van der Waals surface area contributed by atoms with Gasteiger partial charge in [0.05, 0.1) is 17.9 Å². The van der Waals surface area contributed by atoms with Gasteiger partial charge in [0.1, 0.15) is 9.75 Å². The molecule has 0 N–H and O–H groups in total. The predicted octanol–water partition coefficient (Wildman–Crippen LogP) is 4.60. The topological polar surface area (TPSA) is 64.1 Å². The first-order valence-electron chi connectivity index (χ1n) is 8.28. The first-order valence-corrected chi connectivity index (χ1v) is 11.2. The van der Waals surface area contributed by atoms with Gasteiger partial charge in [0, 0.05) is 15.8 Å². The van der Waals surface area contributed by atoms with Crippen molar-refractivity contribution in [1.82, 2.24) is 4.98 Å². The van der Waals surface area contributed by atoms with Crippen molar-refractivity contribution in [3.05, 3.63) is 50.9 Å². The van der Waals surface area contributed by atoms with E-state index in [9.17, 15) is 13.2 Å². The van der Waals surface area contributed by atoms with Crippen molar-refractivity contribution in [3.8, 4) is 0 Å². The highest BCUT2D eigenvalue weighted by Crippen LogP contribution is 2.28. The molecule has 7 heteroatoms. The lowest BCUT2D eigenvalue weighted by Crippen LogP contribution is -2.42. The van der Waals surface area contributed by atoms with Gasteiger partial charge in [-0.2, -0.15) is 0 Å². The summed E-state index contributed by atoms with van der Waals surface area (Å²) >= 11 is 7.23. The highest BCUT2D eigenvalue weighted by atomic mass is 35.5. The second kappa shape index (κ2) is 7.41. The summed E-state index contributed by atoms with van der Waals surface area (Å²) in [7, 11) is -3.68. The number of hydrogen-bond donors (Lipinski definition) is 0. The molecule has 0 unspecified atom stereocenters. The van der Waals surface area contributed by atoms with Crippen LogP contribution in [0.2, 0.25) is 5.02 Å². The molecule has 0 amide bonds. The van der Waals surface area contributed by atoms with E-state index >= 15 is 0 Å². The number of Topliss-reactive ketones (excluding diaryl/α,β-unsaturated/α-hetero) is 1. The van der Waals surface area contributed by atoms with E-state index in [2.05, 4.69) is 4.98 Å². The van der Waals surface area contributed by atoms with Crippen LogP contribution in [0.1, 0.15) is 50.9 Å².